The number of aromatic nitrogens is 3. The summed E-state index contributed by atoms with van der Waals surface area (Å²) in [7, 11) is 0. The van der Waals surface area contributed by atoms with E-state index in [0.29, 0.717) is 17.1 Å². The van der Waals surface area contributed by atoms with Crippen LogP contribution in [-0.2, 0) is 4.74 Å². The summed E-state index contributed by atoms with van der Waals surface area (Å²) >= 11 is 0. The highest BCUT2D eigenvalue weighted by Crippen LogP contribution is 2.35. The van der Waals surface area contributed by atoms with Gasteiger partial charge in [0, 0.05) is 43.9 Å². The number of rotatable bonds is 2. The van der Waals surface area contributed by atoms with E-state index in [1.165, 1.54) is 0 Å². The number of likely N-dealkylation sites (tertiary alicyclic amines) is 1. The number of hydrogen-bond donors (Lipinski definition) is 0. The highest BCUT2D eigenvalue weighted by molar-refractivity contribution is 5.95. The van der Waals surface area contributed by atoms with Crippen molar-refractivity contribution in [2.45, 2.75) is 44.6 Å². The van der Waals surface area contributed by atoms with Crippen molar-refractivity contribution in [1.29, 1.82) is 0 Å². The summed E-state index contributed by atoms with van der Waals surface area (Å²) in [5, 5.41) is 0. The van der Waals surface area contributed by atoms with Gasteiger partial charge in [-0.1, -0.05) is 0 Å². The average molecular weight is 352 g/mol. The predicted octanol–water partition coefficient (Wildman–Crippen LogP) is 3.02. The Labute approximate surface area is 153 Å². The second kappa shape index (κ2) is 7.11. The normalized spacial score (nSPS) is 23.2. The molecule has 2 aliphatic heterocycles. The Morgan fingerprint density at radius 1 is 1.19 bits per heavy atom. The Morgan fingerprint density at radius 2 is 2.08 bits per heavy atom. The maximum absolute atomic E-state index is 13.0. The largest absolute Gasteiger partial charge is 0.375 e. The summed E-state index contributed by atoms with van der Waals surface area (Å²) in [4.78, 5) is 28.0. The molecule has 6 heteroatoms. The number of nitrogens with zero attached hydrogens (tertiary/aromatic N) is 4. The Balaban J connectivity index is 1.51. The van der Waals surface area contributed by atoms with Gasteiger partial charge in [0.25, 0.3) is 5.91 Å². The molecule has 0 saturated carbocycles. The third-order valence-electron chi connectivity index (χ3n) is 5.50. The molecule has 136 valence electrons. The lowest BCUT2D eigenvalue weighted by Crippen LogP contribution is -2.34. The molecule has 0 unspecified atom stereocenters. The molecule has 0 radical (unpaired) electrons. The van der Waals surface area contributed by atoms with Crippen LogP contribution in [0, 0.1) is 6.92 Å². The lowest BCUT2D eigenvalue weighted by atomic mass is 9.92. The molecule has 0 bridgehead atoms. The summed E-state index contributed by atoms with van der Waals surface area (Å²) in [6.07, 6.45) is 10.3. The fourth-order valence-corrected chi connectivity index (χ4v) is 4.00. The Kier molecular flexibility index (Phi) is 4.68. The standard InChI is InChI=1S/C20H24N4O2/c1-15-17(14-22-18(23-15)16-5-2-9-21-13-16)19(25)24-10-3-6-20(8-11-24)7-4-12-26-20/h2,5,9,13-14H,3-4,6-8,10-12H2,1H3/t20-/m0/s1. The molecule has 2 aliphatic rings. The molecular weight excluding hydrogens is 328 g/mol. The molecule has 0 N–H and O–H groups in total. The van der Waals surface area contributed by atoms with Crippen molar-refractivity contribution in [1.82, 2.24) is 19.9 Å². The van der Waals surface area contributed by atoms with Crippen LogP contribution in [0.15, 0.2) is 30.7 Å². The van der Waals surface area contributed by atoms with Crippen LogP contribution in [-0.4, -0.2) is 51.1 Å². The van der Waals surface area contributed by atoms with Gasteiger partial charge in [-0.3, -0.25) is 9.78 Å². The van der Waals surface area contributed by atoms with Crippen LogP contribution < -0.4 is 0 Å². The van der Waals surface area contributed by atoms with E-state index in [1.807, 2.05) is 24.0 Å². The van der Waals surface area contributed by atoms with Gasteiger partial charge >= 0.3 is 0 Å². The number of ether oxygens (including phenoxy) is 1. The van der Waals surface area contributed by atoms with Gasteiger partial charge in [0.15, 0.2) is 5.82 Å². The minimum atomic E-state index is 0.00470. The van der Waals surface area contributed by atoms with E-state index in [9.17, 15) is 4.79 Å². The van der Waals surface area contributed by atoms with Crippen molar-refractivity contribution in [3.05, 3.63) is 42.0 Å². The Morgan fingerprint density at radius 3 is 2.81 bits per heavy atom. The van der Waals surface area contributed by atoms with E-state index in [4.69, 9.17) is 4.74 Å². The topological polar surface area (TPSA) is 68.2 Å². The maximum atomic E-state index is 13.0. The summed E-state index contributed by atoms with van der Waals surface area (Å²) in [5.41, 5.74) is 2.15. The van der Waals surface area contributed by atoms with Crippen molar-refractivity contribution < 1.29 is 9.53 Å². The van der Waals surface area contributed by atoms with Gasteiger partial charge in [-0.05, 0) is 51.2 Å². The zero-order valence-corrected chi connectivity index (χ0v) is 15.1. The fourth-order valence-electron chi connectivity index (χ4n) is 4.00. The smallest absolute Gasteiger partial charge is 0.257 e. The van der Waals surface area contributed by atoms with Crippen LogP contribution in [0.2, 0.25) is 0 Å². The van der Waals surface area contributed by atoms with Gasteiger partial charge in [0.1, 0.15) is 0 Å². The second-order valence-corrected chi connectivity index (χ2v) is 7.22. The number of amides is 1. The second-order valence-electron chi connectivity index (χ2n) is 7.22. The minimum Gasteiger partial charge on any atom is -0.375 e. The first-order chi connectivity index (χ1) is 12.7. The summed E-state index contributed by atoms with van der Waals surface area (Å²) in [6, 6.07) is 3.77. The molecule has 2 aromatic heterocycles. The molecule has 4 rings (SSSR count). The quantitative estimate of drug-likeness (QED) is 0.831. The van der Waals surface area contributed by atoms with Crippen LogP contribution in [0.3, 0.4) is 0 Å². The zero-order valence-electron chi connectivity index (χ0n) is 15.1. The molecule has 6 nitrogen and oxygen atoms in total. The van der Waals surface area contributed by atoms with Crippen LogP contribution in [0.1, 0.15) is 48.2 Å². The van der Waals surface area contributed by atoms with Crippen molar-refractivity contribution in [2.75, 3.05) is 19.7 Å². The lowest BCUT2D eigenvalue weighted by Gasteiger charge is -2.27. The molecule has 2 fully saturated rings. The predicted molar refractivity (Wildman–Crippen MR) is 97.7 cm³/mol. The summed E-state index contributed by atoms with van der Waals surface area (Å²) < 4.78 is 6.02. The number of carbonyl (C=O) groups excluding carboxylic acids is 1. The molecule has 0 aliphatic carbocycles. The fraction of sp³-hybridized carbons (Fsp3) is 0.500. The van der Waals surface area contributed by atoms with Crippen LogP contribution in [0.5, 0.6) is 0 Å². The first-order valence-corrected chi connectivity index (χ1v) is 9.34. The van der Waals surface area contributed by atoms with E-state index in [2.05, 4.69) is 15.0 Å². The van der Waals surface area contributed by atoms with Gasteiger partial charge in [-0.2, -0.15) is 0 Å². The van der Waals surface area contributed by atoms with Crippen LogP contribution in [0.4, 0.5) is 0 Å². The Bertz CT molecular complexity index is 788. The van der Waals surface area contributed by atoms with E-state index in [0.717, 1.165) is 57.4 Å². The third kappa shape index (κ3) is 3.33. The van der Waals surface area contributed by atoms with Crippen LogP contribution in [0.25, 0.3) is 11.4 Å². The third-order valence-corrected chi connectivity index (χ3v) is 5.50. The summed E-state index contributed by atoms with van der Waals surface area (Å²) in [5.74, 6) is 0.622. The van der Waals surface area contributed by atoms with Gasteiger partial charge < -0.3 is 9.64 Å². The average Bonchev–Trinajstić information content (AvgIpc) is 3.02. The number of pyridine rings is 1. The molecule has 2 saturated heterocycles. The molecule has 1 atom stereocenters. The first kappa shape index (κ1) is 17.1. The van der Waals surface area contributed by atoms with E-state index in [-0.39, 0.29) is 11.5 Å². The summed E-state index contributed by atoms with van der Waals surface area (Å²) in [6.45, 7) is 4.24. The van der Waals surface area contributed by atoms with E-state index < -0.39 is 0 Å². The van der Waals surface area contributed by atoms with Crippen molar-refractivity contribution in [2.24, 2.45) is 0 Å². The maximum Gasteiger partial charge on any atom is 0.257 e. The highest BCUT2D eigenvalue weighted by Gasteiger charge is 2.37. The lowest BCUT2D eigenvalue weighted by molar-refractivity contribution is -0.00692. The van der Waals surface area contributed by atoms with E-state index >= 15 is 0 Å². The molecule has 4 heterocycles. The molecule has 26 heavy (non-hydrogen) atoms. The van der Waals surface area contributed by atoms with Gasteiger partial charge in [0.2, 0.25) is 0 Å². The minimum absolute atomic E-state index is 0.00470. The monoisotopic (exact) mass is 352 g/mol. The van der Waals surface area contributed by atoms with E-state index in [1.54, 1.807) is 18.6 Å². The molecular formula is C20H24N4O2. The SMILES string of the molecule is Cc1nc(-c2cccnc2)ncc1C(=O)N1CCC[C@]2(CCCO2)CC1. The zero-order chi connectivity index (χ0) is 18.0. The number of carbonyl (C=O) groups is 1. The van der Waals surface area contributed by atoms with Crippen molar-refractivity contribution >= 4 is 5.91 Å². The van der Waals surface area contributed by atoms with Gasteiger partial charge in [-0.25, -0.2) is 9.97 Å². The van der Waals surface area contributed by atoms with Gasteiger partial charge in [-0.15, -0.1) is 0 Å². The first-order valence-electron chi connectivity index (χ1n) is 9.34. The van der Waals surface area contributed by atoms with Crippen molar-refractivity contribution in [3.63, 3.8) is 0 Å². The van der Waals surface area contributed by atoms with Gasteiger partial charge in [0.05, 0.1) is 16.9 Å². The number of aryl methyl sites for hydroxylation is 1. The molecule has 1 spiro atoms. The Hall–Kier alpha value is -2.34. The number of hydrogen-bond acceptors (Lipinski definition) is 5. The highest BCUT2D eigenvalue weighted by atomic mass is 16.5. The van der Waals surface area contributed by atoms with Crippen LogP contribution >= 0.6 is 0 Å². The molecule has 1 amide bonds. The van der Waals surface area contributed by atoms with Crippen molar-refractivity contribution in [3.8, 4) is 11.4 Å². The molecule has 2 aromatic rings. The molecule has 0 aromatic carbocycles.